The average molecular weight is 343 g/mol. The molecule has 1 heterocycles. The summed E-state index contributed by atoms with van der Waals surface area (Å²) in [6.07, 6.45) is 0.405. The minimum atomic E-state index is -3.46. The van der Waals surface area contributed by atoms with Crippen LogP contribution in [0.15, 0.2) is 18.2 Å². The number of rotatable bonds is 6. The molecule has 0 amide bonds. The molecule has 0 radical (unpaired) electrons. The van der Waals surface area contributed by atoms with Crippen LogP contribution < -0.4 is 9.62 Å². The minimum absolute atomic E-state index is 0.0860. The van der Waals surface area contributed by atoms with E-state index in [-0.39, 0.29) is 24.9 Å². The third-order valence-corrected chi connectivity index (χ3v) is 5.81. The van der Waals surface area contributed by atoms with Crippen LogP contribution in [0.25, 0.3) is 0 Å². The first kappa shape index (κ1) is 17.6. The van der Waals surface area contributed by atoms with Crippen molar-refractivity contribution in [2.24, 2.45) is 0 Å². The number of hydrogen-bond acceptors (Lipinski definition) is 6. The van der Waals surface area contributed by atoms with Crippen LogP contribution in [0.4, 0.5) is 11.4 Å². The molecule has 1 unspecified atom stereocenters. The fraction of sp³-hybridized carbons (Fsp3) is 0.571. The summed E-state index contributed by atoms with van der Waals surface area (Å²) < 4.78 is 27.1. The molecule has 128 valence electrons. The van der Waals surface area contributed by atoms with Gasteiger partial charge in [0, 0.05) is 25.2 Å². The van der Waals surface area contributed by atoms with Gasteiger partial charge < -0.3 is 10.0 Å². The summed E-state index contributed by atoms with van der Waals surface area (Å²) in [6.45, 7) is 3.88. The van der Waals surface area contributed by atoms with Gasteiger partial charge in [0.25, 0.3) is 5.69 Å². The van der Waals surface area contributed by atoms with Gasteiger partial charge in [-0.15, -0.1) is 0 Å². The highest BCUT2D eigenvalue weighted by Gasteiger charge is 2.35. The van der Waals surface area contributed by atoms with E-state index < -0.39 is 20.2 Å². The Bertz CT molecular complexity index is 690. The molecule has 1 aromatic rings. The molecule has 0 bridgehead atoms. The standard InChI is InChI=1S/C14H21N3O5S/c1-10(2)15-23(21,22)12-5-6-16(8-12)14-7-11(9-18)3-4-13(14)17(19)20/h3-4,7,10,12,15,18H,5-6,8-9H2,1-2H3. The molecule has 1 aliphatic rings. The van der Waals surface area contributed by atoms with Crippen LogP contribution in [0.2, 0.25) is 0 Å². The molecule has 1 fully saturated rings. The topological polar surface area (TPSA) is 113 Å². The molecule has 0 aliphatic carbocycles. The number of hydrogen-bond donors (Lipinski definition) is 2. The molecule has 1 atom stereocenters. The number of nitrogens with one attached hydrogen (secondary N) is 1. The molecule has 0 saturated carbocycles. The van der Waals surface area contributed by atoms with E-state index in [2.05, 4.69) is 4.72 Å². The van der Waals surface area contributed by atoms with Gasteiger partial charge in [-0.3, -0.25) is 10.1 Å². The third-order valence-electron chi connectivity index (χ3n) is 3.74. The number of aliphatic hydroxyl groups excluding tert-OH is 1. The lowest BCUT2D eigenvalue weighted by Gasteiger charge is -2.20. The Morgan fingerprint density at radius 1 is 1.48 bits per heavy atom. The number of nitro benzene ring substituents is 1. The number of benzene rings is 1. The van der Waals surface area contributed by atoms with E-state index in [1.807, 2.05) is 0 Å². The van der Waals surface area contributed by atoms with Gasteiger partial charge >= 0.3 is 0 Å². The van der Waals surface area contributed by atoms with Gasteiger partial charge in [0.1, 0.15) is 5.69 Å². The van der Waals surface area contributed by atoms with Crippen LogP contribution in [-0.4, -0.2) is 42.8 Å². The Balaban J connectivity index is 2.26. The van der Waals surface area contributed by atoms with Crippen molar-refractivity contribution >= 4 is 21.4 Å². The van der Waals surface area contributed by atoms with E-state index in [9.17, 15) is 23.6 Å². The van der Waals surface area contributed by atoms with Gasteiger partial charge in [0.15, 0.2) is 0 Å². The van der Waals surface area contributed by atoms with Crippen molar-refractivity contribution in [1.82, 2.24) is 4.72 Å². The quantitative estimate of drug-likeness (QED) is 0.588. The fourth-order valence-electron chi connectivity index (χ4n) is 2.70. The highest BCUT2D eigenvalue weighted by molar-refractivity contribution is 7.90. The Labute approximate surface area is 135 Å². The molecule has 1 aromatic carbocycles. The van der Waals surface area contributed by atoms with E-state index in [1.54, 1.807) is 24.8 Å². The van der Waals surface area contributed by atoms with E-state index in [0.29, 0.717) is 24.2 Å². The van der Waals surface area contributed by atoms with Crippen molar-refractivity contribution in [1.29, 1.82) is 0 Å². The number of nitrogens with zero attached hydrogens (tertiary/aromatic N) is 2. The highest BCUT2D eigenvalue weighted by atomic mass is 32.2. The summed E-state index contributed by atoms with van der Waals surface area (Å²) in [5.74, 6) is 0. The van der Waals surface area contributed by atoms with Gasteiger partial charge in [-0.05, 0) is 38.0 Å². The first-order valence-electron chi connectivity index (χ1n) is 7.39. The van der Waals surface area contributed by atoms with Crippen LogP contribution in [0, 0.1) is 10.1 Å². The molecule has 2 rings (SSSR count). The highest BCUT2D eigenvalue weighted by Crippen LogP contribution is 2.33. The van der Waals surface area contributed by atoms with Crippen LogP contribution >= 0.6 is 0 Å². The summed E-state index contributed by atoms with van der Waals surface area (Å²) in [5.41, 5.74) is 0.818. The second-order valence-corrected chi connectivity index (χ2v) is 7.90. The SMILES string of the molecule is CC(C)NS(=O)(=O)C1CCN(c2cc(CO)ccc2[N+](=O)[O-])C1. The van der Waals surface area contributed by atoms with Gasteiger partial charge in [0.05, 0.1) is 16.8 Å². The zero-order valence-corrected chi connectivity index (χ0v) is 13.9. The lowest BCUT2D eigenvalue weighted by Crippen LogP contribution is -2.39. The monoisotopic (exact) mass is 343 g/mol. The molecular formula is C14H21N3O5S. The second kappa shape index (κ2) is 6.81. The molecule has 2 N–H and O–H groups in total. The molecule has 9 heteroatoms. The molecule has 0 spiro atoms. The normalized spacial score (nSPS) is 18.6. The van der Waals surface area contributed by atoms with Crippen molar-refractivity contribution in [2.75, 3.05) is 18.0 Å². The van der Waals surface area contributed by atoms with Crippen molar-refractivity contribution in [3.05, 3.63) is 33.9 Å². The molecule has 8 nitrogen and oxygen atoms in total. The Morgan fingerprint density at radius 2 is 2.17 bits per heavy atom. The molecule has 1 saturated heterocycles. The van der Waals surface area contributed by atoms with Gasteiger partial charge in [0.2, 0.25) is 10.0 Å². The summed E-state index contributed by atoms with van der Waals surface area (Å²) in [4.78, 5) is 12.4. The summed E-state index contributed by atoms with van der Waals surface area (Å²) in [7, 11) is -3.46. The molecule has 23 heavy (non-hydrogen) atoms. The smallest absolute Gasteiger partial charge is 0.292 e. The van der Waals surface area contributed by atoms with E-state index in [0.717, 1.165) is 0 Å². The summed E-state index contributed by atoms with van der Waals surface area (Å²) >= 11 is 0. The Morgan fingerprint density at radius 3 is 2.74 bits per heavy atom. The number of aliphatic hydroxyl groups is 1. The van der Waals surface area contributed by atoms with Crippen molar-refractivity contribution < 1.29 is 18.4 Å². The first-order chi connectivity index (χ1) is 10.7. The number of sulfonamides is 1. The first-order valence-corrected chi connectivity index (χ1v) is 8.93. The maximum Gasteiger partial charge on any atom is 0.292 e. The van der Waals surface area contributed by atoms with E-state index in [4.69, 9.17) is 0 Å². The Hall–Kier alpha value is -1.71. The van der Waals surface area contributed by atoms with Crippen LogP contribution in [0.1, 0.15) is 25.8 Å². The van der Waals surface area contributed by atoms with Crippen molar-refractivity contribution in [3.8, 4) is 0 Å². The van der Waals surface area contributed by atoms with Crippen LogP contribution in [0.5, 0.6) is 0 Å². The van der Waals surface area contributed by atoms with Crippen LogP contribution in [0.3, 0.4) is 0 Å². The zero-order valence-electron chi connectivity index (χ0n) is 13.1. The van der Waals surface area contributed by atoms with Crippen LogP contribution in [-0.2, 0) is 16.6 Å². The van der Waals surface area contributed by atoms with Gasteiger partial charge in [-0.2, -0.15) is 0 Å². The fourth-order valence-corrected chi connectivity index (χ4v) is 4.34. The summed E-state index contributed by atoms with van der Waals surface area (Å²) in [6, 6.07) is 4.19. The van der Waals surface area contributed by atoms with E-state index in [1.165, 1.54) is 12.1 Å². The number of nitro groups is 1. The maximum absolute atomic E-state index is 12.3. The second-order valence-electron chi connectivity index (χ2n) is 5.91. The lowest BCUT2D eigenvalue weighted by atomic mass is 10.1. The molecule has 0 aromatic heterocycles. The lowest BCUT2D eigenvalue weighted by molar-refractivity contribution is -0.384. The van der Waals surface area contributed by atoms with Crippen molar-refractivity contribution in [2.45, 2.75) is 38.2 Å². The summed E-state index contributed by atoms with van der Waals surface area (Å²) in [5, 5.41) is 19.8. The van der Waals surface area contributed by atoms with Gasteiger partial charge in [-0.25, -0.2) is 13.1 Å². The van der Waals surface area contributed by atoms with Gasteiger partial charge in [-0.1, -0.05) is 0 Å². The predicted octanol–water partition coefficient (Wildman–Crippen LogP) is 0.994. The zero-order chi connectivity index (χ0) is 17.2. The Kier molecular flexibility index (Phi) is 5.23. The third kappa shape index (κ3) is 3.98. The molecular weight excluding hydrogens is 322 g/mol. The maximum atomic E-state index is 12.3. The minimum Gasteiger partial charge on any atom is -0.392 e. The van der Waals surface area contributed by atoms with E-state index >= 15 is 0 Å². The largest absolute Gasteiger partial charge is 0.392 e. The molecule has 1 aliphatic heterocycles. The predicted molar refractivity (Wildman–Crippen MR) is 86.8 cm³/mol. The van der Waals surface area contributed by atoms with Crippen molar-refractivity contribution in [3.63, 3.8) is 0 Å². The number of anilines is 1. The average Bonchev–Trinajstić information content (AvgIpc) is 2.95.